The van der Waals surface area contributed by atoms with Gasteiger partial charge in [-0.1, -0.05) is 6.92 Å². The zero-order chi connectivity index (χ0) is 16.9. The van der Waals surface area contributed by atoms with Gasteiger partial charge >= 0.3 is 0 Å². The number of nitrogens with one attached hydrogen (secondary N) is 2. The van der Waals surface area contributed by atoms with Crippen molar-refractivity contribution in [1.82, 2.24) is 20.4 Å². The lowest BCUT2D eigenvalue weighted by molar-refractivity contribution is 0.0117. The van der Waals surface area contributed by atoms with Crippen LogP contribution in [-0.2, 0) is 11.2 Å². The number of aromatic amines is 1. The van der Waals surface area contributed by atoms with E-state index in [0.717, 1.165) is 36.7 Å². The topological polar surface area (TPSA) is 83.4 Å². The lowest BCUT2D eigenvalue weighted by Crippen LogP contribution is -2.43. The lowest BCUT2D eigenvalue weighted by Gasteiger charge is -2.33. The molecule has 1 saturated heterocycles. The van der Waals surface area contributed by atoms with E-state index in [4.69, 9.17) is 9.15 Å². The molecule has 1 unspecified atom stereocenters. The number of carbonyl (C=O) groups is 1. The predicted octanol–water partition coefficient (Wildman–Crippen LogP) is 1.68. The van der Waals surface area contributed by atoms with Crippen LogP contribution in [0.25, 0.3) is 0 Å². The fraction of sp³-hybridized carbons (Fsp3) is 0.529. The first-order chi connectivity index (χ1) is 11.7. The van der Waals surface area contributed by atoms with Crippen molar-refractivity contribution in [3.05, 3.63) is 41.1 Å². The fourth-order valence-corrected chi connectivity index (χ4v) is 2.87. The SMILES string of the molecule is CCc1cc(C(=O)NCC(c2ccc(C)o2)N2CCOCC2)n[nH]1. The number of ether oxygens (including phenoxy) is 1. The van der Waals surface area contributed by atoms with Crippen molar-refractivity contribution in [3.8, 4) is 0 Å². The fourth-order valence-electron chi connectivity index (χ4n) is 2.87. The van der Waals surface area contributed by atoms with Gasteiger partial charge in [-0.25, -0.2) is 0 Å². The van der Waals surface area contributed by atoms with Gasteiger partial charge in [-0.05, 0) is 31.5 Å². The number of amides is 1. The number of aromatic nitrogens is 2. The highest BCUT2D eigenvalue weighted by molar-refractivity contribution is 5.92. The van der Waals surface area contributed by atoms with Crippen molar-refractivity contribution in [3.63, 3.8) is 0 Å². The molecule has 7 heteroatoms. The van der Waals surface area contributed by atoms with Crippen LogP contribution in [0.1, 0.15) is 40.7 Å². The van der Waals surface area contributed by atoms with Crippen LogP contribution in [0.2, 0.25) is 0 Å². The van der Waals surface area contributed by atoms with E-state index in [1.54, 1.807) is 6.07 Å². The van der Waals surface area contributed by atoms with Crippen LogP contribution >= 0.6 is 0 Å². The molecule has 3 heterocycles. The third kappa shape index (κ3) is 3.85. The van der Waals surface area contributed by atoms with Crippen molar-refractivity contribution >= 4 is 5.91 Å². The van der Waals surface area contributed by atoms with Crippen molar-refractivity contribution in [1.29, 1.82) is 0 Å². The van der Waals surface area contributed by atoms with E-state index >= 15 is 0 Å². The first-order valence-corrected chi connectivity index (χ1v) is 8.38. The normalized spacial score (nSPS) is 16.9. The molecule has 24 heavy (non-hydrogen) atoms. The summed E-state index contributed by atoms with van der Waals surface area (Å²) in [5, 5.41) is 9.90. The number of hydrogen-bond acceptors (Lipinski definition) is 5. The number of morpholine rings is 1. The maximum atomic E-state index is 12.3. The minimum absolute atomic E-state index is 0.00358. The minimum atomic E-state index is -0.174. The lowest BCUT2D eigenvalue weighted by atomic mass is 10.1. The second kappa shape index (κ2) is 7.63. The summed E-state index contributed by atoms with van der Waals surface area (Å²) in [6.45, 7) is 7.45. The monoisotopic (exact) mass is 332 g/mol. The molecule has 2 aromatic rings. The van der Waals surface area contributed by atoms with Crippen LogP contribution in [0.4, 0.5) is 0 Å². The number of carbonyl (C=O) groups excluding carboxylic acids is 1. The molecule has 1 amide bonds. The van der Waals surface area contributed by atoms with Gasteiger partial charge in [0.05, 0.1) is 19.3 Å². The molecule has 1 aliphatic heterocycles. The molecule has 0 saturated carbocycles. The summed E-state index contributed by atoms with van der Waals surface area (Å²) in [5.74, 6) is 1.56. The van der Waals surface area contributed by atoms with Crippen molar-refractivity contribution < 1.29 is 13.9 Å². The first-order valence-electron chi connectivity index (χ1n) is 8.38. The quantitative estimate of drug-likeness (QED) is 0.841. The number of H-pyrrole nitrogens is 1. The molecule has 1 aliphatic rings. The van der Waals surface area contributed by atoms with E-state index in [1.807, 2.05) is 26.0 Å². The third-order valence-electron chi connectivity index (χ3n) is 4.28. The summed E-state index contributed by atoms with van der Waals surface area (Å²) >= 11 is 0. The Morgan fingerprint density at radius 3 is 2.83 bits per heavy atom. The van der Waals surface area contributed by atoms with Crippen LogP contribution in [0.5, 0.6) is 0 Å². The number of furan rings is 1. The number of aryl methyl sites for hydroxylation is 2. The number of nitrogens with zero attached hydrogens (tertiary/aromatic N) is 2. The maximum absolute atomic E-state index is 12.3. The molecule has 3 rings (SSSR count). The van der Waals surface area contributed by atoms with Crippen LogP contribution in [0.3, 0.4) is 0 Å². The molecule has 0 spiro atoms. The van der Waals surface area contributed by atoms with E-state index in [0.29, 0.717) is 25.5 Å². The van der Waals surface area contributed by atoms with Crippen LogP contribution in [-0.4, -0.2) is 53.9 Å². The highest BCUT2D eigenvalue weighted by Crippen LogP contribution is 2.23. The second-order valence-corrected chi connectivity index (χ2v) is 5.95. The minimum Gasteiger partial charge on any atom is -0.465 e. The maximum Gasteiger partial charge on any atom is 0.271 e. The van der Waals surface area contributed by atoms with Crippen molar-refractivity contribution in [2.24, 2.45) is 0 Å². The molecule has 130 valence electrons. The average Bonchev–Trinajstić information content (AvgIpc) is 3.25. The molecule has 0 aliphatic carbocycles. The van der Waals surface area contributed by atoms with Gasteiger partial charge in [-0.2, -0.15) is 5.10 Å². The van der Waals surface area contributed by atoms with E-state index in [9.17, 15) is 4.79 Å². The van der Waals surface area contributed by atoms with Crippen LogP contribution < -0.4 is 5.32 Å². The number of rotatable bonds is 6. The Morgan fingerprint density at radius 1 is 1.42 bits per heavy atom. The van der Waals surface area contributed by atoms with Crippen molar-refractivity contribution in [2.75, 3.05) is 32.8 Å². The summed E-state index contributed by atoms with van der Waals surface area (Å²) in [7, 11) is 0. The summed E-state index contributed by atoms with van der Waals surface area (Å²) in [6.07, 6.45) is 0.822. The Bertz CT molecular complexity index is 673. The molecular weight excluding hydrogens is 308 g/mol. The Balaban J connectivity index is 1.68. The smallest absolute Gasteiger partial charge is 0.271 e. The van der Waals surface area contributed by atoms with E-state index < -0.39 is 0 Å². The Hall–Kier alpha value is -2.12. The van der Waals surface area contributed by atoms with E-state index in [2.05, 4.69) is 20.4 Å². The Morgan fingerprint density at radius 2 is 2.21 bits per heavy atom. The van der Waals surface area contributed by atoms with Gasteiger partial charge < -0.3 is 14.5 Å². The summed E-state index contributed by atoms with van der Waals surface area (Å²) in [4.78, 5) is 14.6. The number of hydrogen-bond donors (Lipinski definition) is 2. The molecular formula is C17H24N4O3. The molecule has 0 bridgehead atoms. The van der Waals surface area contributed by atoms with Gasteiger partial charge in [0.2, 0.25) is 0 Å². The highest BCUT2D eigenvalue weighted by Gasteiger charge is 2.26. The van der Waals surface area contributed by atoms with Crippen LogP contribution in [0.15, 0.2) is 22.6 Å². The third-order valence-corrected chi connectivity index (χ3v) is 4.28. The predicted molar refractivity (Wildman–Crippen MR) is 88.9 cm³/mol. The van der Waals surface area contributed by atoms with E-state index in [-0.39, 0.29) is 11.9 Å². The van der Waals surface area contributed by atoms with Gasteiger partial charge in [0.1, 0.15) is 17.2 Å². The van der Waals surface area contributed by atoms with Gasteiger partial charge in [-0.15, -0.1) is 0 Å². The molecule has 0 radical (unpaired) electrons. The van der Waals surface area contributed by atoms with Crippen molar-refractivity contribution in [2.45, 2.75) is 26.3 Å². The first kappa shape index (κ1) is 16.7. The molecule has 7 nitrogen and oxygen atoms in total. The standard InChI is InChI=1S/C17H24N4O3/c1-3-13-10-14(20-19-13)17(22)18-11-15(16-5-4-12(2)24-16)21-6-8-23-9-7-21/h4-5,10,15H,3,6-9,11H2,1-2H3,(H,18,22)(H,19,20). The Labute approximate surface area is 141 Å². The molecule has 2 N–H and O–H groups in total. The largest absolute Gasteiger partial charge is 0.465 e. The highest BCUT2D eigenvalue weighted by atomic mass is 16.5. The average molecular weight is 332 g/mol. The second-order valence-electron chi connectivity index (χ2n) is 5.95. The van der Waals surface area contributed by atoms with Crippen LogP contribution in [0, 0.1) is 6.92 Å². The summed E-state index contributed by atoms with van der Waals surface area (Å²) in [5.41, 5.74) is 1.37. The zero-order valence-corrected chi connectivity index (χ0v) is 14.2. The van der Waals surface area contributed by atoms with Gasteiger partial charge in [0.25, 0.3) is 5.91 Å². The molecule has 1 atom stereocenters. The molecule has 2 aromatic heterocycles. The van der Waals surface area contributed by atoms with Gasteiger partial charge in [0, 0.05) is 25.3 Å². The zero-order valence-electron chi connectivity index (χ0n) is 14.2. The summed E-state index contributed by atoms with van der Waals surface area (Å²) < 4.78 is 11.2. The van der Waals surface area contributed by atoms with Gasteiger partial charge in [0.15, 0.2) is 0 Å². The summed E-state index contributed by atoms with van der Waals surface area (Å²) in [6, 6.07) is 5.71. The Kier molecular flexibility index (Phi) is 5.32. The molecule has 1 fully saturated rings. The van der Waals surface area contributed by atoms with Gasteiger partial charge in [-0.3, -0.25) is 14.8 Å². The van der Waals surface area contributed by atoms with E-state index in [1.165, 1.54) is 0 Å². The molecule has 0 aromatic carbocycles.